The lowest BCUT2D eigenvalue weighted by Gasteiger charge is -2.45. The molecular weight excluding hydrogens is 406 g/mol. The first kappa shape index (κ1) is 18.7. The van der Waals surface area contributed by atoms with Crippen molar-refractivity contribution in [1.29, 1.82) is 0 Å². The first-order valence-electron chi connectivity index (χ1n) is 9.62. The van der Waals surface area contributed by atoms with E-state index in [0.717, 1.165) is 39.2 Å². The Kier molecular flexibility index (Phi) is 4.81. The van der Waals surface area contributed by atoms with Crippen molar-refractivity contribution in [3.8, 4) is 10.6 Å². The molecule has 3 aliphatic rings. The minimum absolute atomic E-state index is 0.0367. The van der Waals surface area contributed by atoms with Crippen LogP contribution in [0.5, 0.6) is 0 Å². The monoisotopic (exact) mass is 427 g/mol. The van der Waals surface area contributed by atoms with E-state index in [4.69, 9.17) is 4.74 Å². The highest BCUT2D eigenvalue weighted by Crippen LogP contribution is 2.33. The summed E-state index contributed by atoms with van der Waals surface area (Å²) in [6, 6.07) is 3.85. The number of aryl methyl sites for hydroxylation is 2. The molecule has 7 nitrogen and oxygen atoms in total. The molecule has 3 aromatic rings. The topological polar surface area (TPSA) is 80.2 Å². The van der Waals surface area contributed by atoms with Gasteiger partial charge in [-0.25, -0.2) is 15.0 Å². The maximum atomic E-state index is 12.8. The maximum Gasteiger partial charge on any atom is 0.255 e. The van der Waals surface area contributed by atoms with Gasteiger partial charge in [-0.3, -0.25) is 4.79 Å². The van der Waals surface area contributed by atoms with E-state index in [9.17, 15) is 4.79 Å². The summed E-state index contributed by atoms with van der Waals surface area (Å²) in [5.41, 5.74) is 2.54. The molecule has 6 heterocycles. The van der Waals surface area contributed by atoms with Crippen LogP contribution >= 0.6 is 22.7 Å². The van der Waals surface area contributed by atoms with Crippen molar-refractivity contribution in [3.05, 3.63) is 40.0 Å². The number of nitrogens with one attached hydrogen (secondary N) is 1. The van der Waals surface area contributed by atoms with Gasteiger partial charge in [-0.05, 0) is 38.8 Å². The second kappa shape index (κ2) is 7.47. The van der Waals surface area contributed by atoms with E-state index in [2.05, 4.69) is 20.3 Å². The molecule has 150 valence electrons. The van der Waals surface area contributed by atoms with Crippen molar-refractivity contribution in [3.63, 3.8) is 0 Å². The Balaban J connectivity index is 1.27. The number of hydrogen-bond donors (Lipinski definition) is 1. The molecule has 0 radical (unpaired) electrons. The minimum Gasteiger partial charge on any atom is -0.374 e. The Morgan fingerprint density at radius 2 is 2.17 bits per heavy atom. The van der Waals surface area contributed by atoms with E-state index in [0.29, 0.717) is 24.5 Å². The summed E-state index contributed by atoms with van der Waals surface area (Å²) in [5, 5.41) is 7.05. The number of ether oxygens (including phenoxy) is 1. The molecule has 1 N–H and O–H groups in total. The van der Waals surface area contributed by atoms with E-state index < -0.39 is 0 Å². The number of carbonyl (C=O) groups excluding carboxylic acids is 1. The molecule has 0 spiro atoms. The summed E-state index contributed by atoms with van der Waals surface area (Å²) >= 11 is 3.18. The molecule has 3 aliphatic heterocycles. The third kappa shape index (κ3) is 3.65. The number of hydrogen-bond acceptors (Lipinski definition) is 8. The number of anilines is 2. The van der Waals surface area contributed by atoms with Crippen LogP contribution in [0.2, 0.25) is 0 Å². The number of amides is 1. The van der Waals surface area contributed by atoms with Crippen LogP contribution in [0.1, 0.15) is 33.9 Å². The lowest BCUT2D eigenvalue weighted by atomic mass is 9.96. The van der Waals surface area contributed by atoms with Gasteiger partial charge in [0.05, 0.1) is 45.6 Å². The van der Waals surface area contributed by atoms with Gasteiger partial charge in [0.25, 0.3) is 5.91 Å². The van der Waals surface area contributed by atoms with Crippen LogP contribution in [0.3, 0.4) is 0 Å². The highest BCUT2D eigenvalue weighted by molar-refractivity contribution is 7.16. The Morgan fingerprint density at radius 3 is 2.79 bits per heavy atom. The molecular formula is C20H21N5O2S2. The van der Waals surface area contributed by atoms with E-state index in [1.807, 2.05) is 36.3 Å². The van der Waals surface area contributed by atoms with Crippen LogP contribution in [-0.4, -0.2) is 51.1 Å². The molecule has 29 heavy (non-hydrogen) atoms. The summed E-state index contributed by atoms with van der Waals surface area (Å²) in [6.07, 6.45) is 3.89. The van der Waals surface area contributed by atoms with Crippen molar-refractivity contribution in [1.82, 2.24) is 19.9 Å². The average Bonchev–Trinajstić information content (AvgIpc) is 3.34. The number of thiazole rings is 2. The first-order chi connectivity index (χ1) is 14.1. The fourth-order valence-electron chi connectivity index (χ4n) is 3.87. The molecule has 1 amide bonds. The van der Waals surface area contributed by atoms with Gasteiger partial charge in [-0.15, -0.1) is 22.7 Å². The first-order valence-corrected chi connectivity index (χ1v) is 11.3. The fraction of sp³-hybridized carbons (Fsp3) is 0.400. The quantitative estimate of drug-likeness (QED) is 0.677. The van der Waals surface area contributed by atoms with Gasteiger partial charge in [-0.1, -0.05) is 0 Å². The standard InChI is InChI=1S/C20H21N5O2S2/c1-11-18(29-12(2)22-11)16-10-28-20(23-16)24-17-6-3-13(7-21-17)19(26)25-8-15-5-4-14(25)9-27-15/h3,6-7,10,14-15H,4-5,8-9H2,1-2H3,(H,21,23,24)/t14-,15-/m1/s1. The molecule has 0 saturated carbocycles. The van der Waals surface area contributed by atoms with E-state index in [1.54, 1.807) is 17.5 Å². The number of fused-ring (bicyclic) bond motifs is 3. The Hall–Kier alpha value is -2.36. The van der Waals surface area contributed by atoms with Gasteiger partial charge in [0.2, 0.25) is 0 Å². The van der Waals surface area contributed by atoms with Gasteiger partial charge in [0, 0.05) is 18.1 Å². The third-order valence-electron chi connectivity index (χ3n) is 5.33. The second-order valence-electron chi connectivity index (χ2n) is 7.39. The molecule has 0 aliphatic carbocycles. The van der Waals surface area contributed by atoms with Gasteiger partial charge in [0.15, 0.2) is 5.13 Å². The van der Waals surface area contributed by atoms with Crippen LogP contribution in [0.15, 0.2) is 23.7 Å². The molecule has 3 saturated heterocycles. The average molecular weight is 428 g/mol. The Labute approximate surface area is 176 Å². The van der Waals surface area contributed by atoms with Crippen molar-refractivity contribution in [2.45, 2.75) is 38.8 Å². The molecule has 2 atom stereocenters. The number of aromatic nitrogens is 3. The van der Waals surface area contributed by atoms with Crippen molar-refractivity contribution < 1.29 is 9.53 Å². The predicted octanol–water partition coefficient (Wildman–Crippen LogP) is 4.03. The van der Waals surface area contributed by atoms with Gasteiger partial charge >= 0.3 is 0 Å². The summed E-state index contributed by atoms with van der Waals surface area (Å²) < 4.78 is 5.69. The lowest BCUT2D eigenvalue weighted by Crippen LogP contribution is -2.56. The Morgan fingerprint density at radius 1 is 1.28 bits per heavy atom. The van der Waals surface area contributed by atoms with Crippen LogP contribution in [0.25, 0.3) is 10.6 Å². The van der Waals surface area contributed by atoms with Crippen molar-refractivity contribution >= 4 is 39.5 Å². The summed E-state index contributed by atoms with van der Waals surface area (Å²) in [7, 11) is 0. The normalized spacial score (nSPS) is 20.8. The maximum absolute atomic E-state index is 12.8. The molecule has 0 unspecified atom stereocenters. The van der Waals surface area contributed by atoms with Crippen molar-refractivity contribution in [2.24, 2.45) is 0 Å². The molecule has 0 aromatic carbocycles. The largest absolute Gasteiger partial charge is 0.374 e. The number of piperidine rings is 1. The minimum atomic E-state index is 0.0367. The van der Waals surface area contributed by atoms with Crippen LogP contribution in [0, 0.1) is 13.8 Å². The van der Waals surface area contributed by atoms with Crippen molar-refractivity contribution in [2.75, 3.05) is 18.5 Å². The highest BCUT2D eigenvalue weighted by atomic mass is 32.1. The number of nitrogens with zero attached hydrogens (tertiary/aromatic N) is 4. The molecule has 3 fully saturated rings. The van der Waals surface area contributed by atoms with Crippen LogP contribution < -0.4 is 5.32 Å². The van der Waals surface area contributed by atoms with E-state index in [1.165, 1.54) is 11.3 Å². The van der Waals surface area contributed by atoms with Crippen LogP contribution in [0.4, 0.5) is 10.9 Å². The zero-order valence-corrected chi connectivity index (χ0v) is 17.8. The number of carbonyl (C=O) groups is 1. The summed E-state index contributed by atoms with van der Waals surface area (Å²) in [6.45, 7) is 5.33. The molecule has 9 heteroatoms. The smallest absolute Gasteiger partial charge is 0.255 e. The van der Waals surface area contributed by atoms with E-state index in [-0.39, 0.29) is 18.1 Å². The van der Waals surface area contributed by atoms with Gasteiger partial charge in [-0.2, -0.15) is 0 Å². The zero-order chi connectivity index (χ0) is 20.0. The number of morpholine rings is 1. The van der Waals surface area contributed by atoms with Gasteiger partial charge in [0.1, 0.15) is 5.82 Å². The molecule has 6 rings (SSSR count). The van der Waals surface area contributed by atoms with Crippen LogP contribution in [-0.2, 0) is 4.74 Å². The van der Waals surface area contributed by atoms with E-state index >= 15 is 0 Å². The number of rotatable bonds is 4. The summed E-state index contributed by atoms with van der Waals surface area (Å²) in [4.78, 5) is 29.4. The fourth-order valence-corrected chi connectivity index (χ4v) is 5.54. The molecule has 2 bridgehead atoms. The van der Waals surface area contributed by atoms with Gasteiger partial charge < -0.3 is 15.0 Å². The Bertz CT molecular complexity index is 1040. The lowest BCUT2D eigenvalue weighted by molar-refractivity contribution is -0.0915. The third-order valence-corrected chi connectivity index (χ3v) is 7.19. The molecule has 3 aromatic heterocycles. The highest BCUT2D eigenvalue weighted by Gasteiger charge is 2.37. The zero-order valence-electron chi connectivity index (χ0n) is 16.2. The SMILES string of the molecule is Cc1nc(C)c(-c2csc(Nc3ccc(C(=O)N4C[C@H]5CC[C@@H]4CO5)cn3)n2)s1. The predicted molar refractivity (Wildman–Crippen MR) is 114 cm³/mol. The summed E-state index contributed by atoms with van der Waals surface area (Å²) in [5.74, 6) is 0.706. The number of pyridine rings is 1. The second-order valence-corrected chi connectivity index (χ2v) is 9.45.